The van der Waals surface area contributed by atoms with Gasteiger partial charge in [0.2, 0.25) is 10.0 Å². The molecule has 1 aromatic heterocycles. The van der Waals surface area contributed by atoms with Crippen LogP contribution in [0.4, 0.5) is 20.3 Å². The zero-order valence-electron chi connectivity index (χ0n) is 19.1. The van der Waals surface area contributed by atoms with Crippen LogP contribution in [-0.4, -0.2) is 54.9 Å². The molecule has 36 heavy (non-hydrogen) atoms. The minimum Gasteiger partial charge on any atom is -0.485 e. The number of pyridine rings is 1. The van der Waals surface area contributed by atoms with Crippen LogP contribution >= 0.6 is 11.6 Å². The van der Waals surface area contributed by atoms with Crippen LogP contribution in [0.2, 0.25) is 5.02 Å². The second-order valence-corrected chi connectivity index (χ2v) is 10.7. The molecule has 1 aliphatic heterocycles. The van der Waals surface area contributed by atoms with Crippen molar-refractivity contribution in [3.05, 3.63) is 70.9 Å². The average molecular weight is 539 g/mol. The fraction of sp³-hybridized carbons (Fsp3) is 0.292. The monoisotopic (exact) mass is 538 g/mol. The Balaban J connectivity index is 1.41. The lowest BCUT2D eigenvalue weighted by atomic mass is 10.1. The number of aliphatic hydroxyl groups excluding tert-OH is 1. The van der Waals surface area contributed by atoms with Crippen molar-refractivity contribution >= 4 is 33.1 Å². The molecular formula is C24H25ClF2N4O4S. The van der Waals surface area contributed by atoms with Gasteiger partial charge < -0.3 is 15.6 Å². The quantitative estimate of drug-likeness (QED) is 0.356. The summed E-state index contributed by atoms with van der Waals surface area (Å²) in [5.41, 5.74) is 7.46. The second kappa shape index (κ2) is 11.0. The van der Waals surface area contributed by atoms with Crippen molar-refractivity contribution in [2.75, 3.05) is 35.8 Å². The molecule has 1 atom stereocenters. The summed E-state index contributed by atoms with van der Waals surface area (Å²) in [5, 5.41) is 9.20. The van der Waals surface area contributed by atoms with Gasteiger partial charge in [-0.3, -0.25) is 9.62 Å². The van der Waals surface area contributed by atoms with Crippen molar-refractivity contribution in [1.29, 1.82) is 0 Å². The van der Waals surface area contributed by atoms with E-state index in [4.69, 9.17) is 22.1 Å². The van der Waals surface area contributed by atoms with Gasteiger partial charge in [-0.05, 0) is 42.3 Å². The molecule has 0 unspecified atom stereocenters. The van der Waals surface area contributed by atoms with Crippen molar-refractivity contribution in [2.24, 2.45) is 0 Å². The predicted molar refractivity (Wildman–Crippen MR) is 134 cm³/mol. The molecule has 2 heterocycles. The smallest absolute Gasteiger partial charge is 0.233 e. The van der Waals surface area contributed by atoms with Crippen LogP contribution < -0.4 is 15.2 Å². The molecule has 0 radical (unpaired) electrons. The Bertz CT molecular complexity index is 1340. The maximum Gasteiger partial charge on any atom is 0.233 e. The molecule has 3 aromatic rings. The lowest BCUT2D eigenvalue weighted by Gasteiger charge is -2.15. The standard InChI is InChI=1S/C24H25ClF2N4O4S/c25-23-19(20(26)5-6-21(23)27)14-35-22-11-16(12-29-24(22)28)15-1-3-17(4-2-15)30-36(33,34)10-9-31-8-7-18(32)13-31/h1-6,11-12,18,30,32H,7-10,13-14H2,(H2,28,29)/t18-/m1/s1. The van der Waals surface area contributed by atoms with Gasteiger partial charge in [-0.25, -0.2) is 22.2 Å². The molecule has 0 aliphatic carbocycles. The van der Waals surface area contributed by atoms with E-state index in [0.717, 1.165) is 12.1 Å². The topological polar surface area (TPSA) is 118 Å². The largest absolute Gasteiger partial charge is 0.485 e. The molecule has 192 valence electrons. The lowest BCUT2D eigenvalue weighted by molar-refractivity contribution is 0.178. The number of nitrogens with one attached hydrogen (secondary N) is 1. The van der Waals surface area contributed by atoms with Gasteiger partial charge >= 0.3 is 0 Å². The number of aromatic nitrogens is 1. The summed E-state index contributed by atoms with van der Waals surface area (Å²) in [7, 11) is -3.56. The van der Waals surface area contributed by atoms with Crippen LogP contribution in [0.5, 0.6) is 5.75 Å². The fourth-order valence-corrected chi connectivity index (χ4v) is 5.11. The number of β-amino-alcohol motifs (C(OH)–C–C–N with tert-alkyl or cyclic N) is 1. The van der Waals surface area contributed by atoms with Crippen LogP contribution in [0, 0.1) is 11.6 Å². The van der Waals surface area contributed by atoms with E-state index in [1.807, 2.05) is 4.90 Å². The number of aliphatic hydroxyl groups is 1. The Morgan fingerprint density at radius 3 is 2.58 bits per heavy atom. The van der Waals surface area contributed by atoms with Gasteiger partial charge in [0.05, 0.1) is 16.9 Å². The van der Waals surface area contributed by atoms with E-state index in [0.29, 0.717) is 42.9 Å². The number of nitrogens with zero attached hydrogens (tertiary/aromatic N) is 2. The molecule has 0 bridgehead atoms. The lowest BCUT2D eigenvalue weighted by Crippen LogP contribution is -2.30. The molecule has 4 N–H and O–H groups in total. The number of hydrogen-bond acceptors (Lipinski definition) is 7. The zero-order valence-corrected chi connectivity index (χ0v) is 20.7. The number of nitrogens with two attached hydrogens (primary N) is 1. The Morgan fingerprint density at radius 2 is 1.89 bits per heavy atom. The maximum absolute atomic E-state index is 14.0. The molecule has 4 rings (SSSR count). The third-order valence-electron chi connectivity index (χ3n) is 5.81. The molecule has 12 heteroatoms. The first-order valence-corrected chi connectivity index (χ1v) is 13.2. The van der Waals surface area contributed by atoms with Gasteiger partial charge in [0.15, 0.2) is 11.6 Å². The number of sulfonamides is 1. The highest BCUT2D eigenvalue weighted by Gasteiger charge is 2.22. The van der Waals surface area contributed by atoms with E-state index in [-0.39, 0.29) is 34.5 Å². The number of likely N-dealkylation sites (tertiary alicyclic amines) is 1. The molecule has 8 nitrogen and oxygen atoms in total. The second-order valence-electron chi connectivity index (χ2n) is 8.46. The Kier molecular flexibility index (Phi) is 7.94. The first kappa shape index (κ1) is 26.1. The average Bonchev–Trinajstić information content (AvgIpc) is 3.27. The summed E-state index contributed by atoms with van der Waals surface area (Å²) >= 11 is 5.85. The third-order valence-corrected chi connectivity index (χ3v) is 7.48. The minimum absolute atomic E-state index is 0.0570. The van der Waals surface area contributed by atoms with E-state index in [2.05, 4.69) is 9.71 Å². The number of benzene rings is 2. The molecule has 2 aromatic carbocycles. The Labute approximate surface area is 212 Å². The summed E-state index contributed by atoms with van der Waals surface area (Å²) in [5.74, 6) is -1.34. The summed E-state index contributed by atoms with van der Waals surface area (Å²) in [4.78, 5) is 6.01. The number of rotatable bonds is 9. The van der Waals surface area contributed by atoms with E-state index >= 15 is 0 Å². The van der Waals surface area contributed by atoms with Crippen molar-refractivity contribution in [3.8, 4) is 16.9 Å². The van der Waals surface area contributed by atoms with Crippen molar-refractivity contribution in [3.63, 3.8) is 0 Å². The van der Waals surface area contributed by atoms with Crippen molar-refractivity contribution in [2.45, 2.75) is 19.1 Å². The number of halogens is 3. The van der Waals surface area contributed by atoms with Crippen LogP contribution in [0.25, 0.3) is 11.1 Å². The van der Waals surface area contributed by atoms with Gasteiger partial charge in [0.1, 0.15) is 18.2 Å². The highest BCUT2D eigenvalue weighted by Crippen LogP contribution is 2.30. The van der Waals surface area contributed by atoms with Gasteiger partial charge in [-0.15, -0.1) is 0 Å². The Hall–Kier alpha value is -2.99. The summed E-state index contributed by atoms with van der Waals surface area (Å²) in [6.07, 6.45) is 1.76. The number of anilines is 2. The molecule has 0 saturated carbocycles. The molecule has 0 spiro atoms. The number of nitrogen functional groups attached to an aromatic ring is 1. The SMILES string of the molecule is Nc1ncc(-c2ccc(NS(=O)(=O)CCN3CC[C@@H](O)C3)cc2)cc1OCc1c(F)ccc(F)c1Cl. The molecule has 1 aliphatic rings. The molecule has 1 saturated heterocycles. The normalized spacial score (nSPS) is 16.3. The predicted octanol–water partition coefficient (Wildman–Crippen LogP) is 3.65. The van der Waals surface area contributed by atoms with Gasteiger partial charge in [-0.2, -0.15) is 0 Å². The fourth-order valence-electron chi connectivity index (χ4n) is 3.81. The van der Waals surface area contributed by atoms with Crippen LogP contribution in [0.15, 0.2) is 48.7 Å². The van der Waals surface area contributed by atoms with Crippen molar-refractivity contribution in [1.82, 2.24) is 9.88 Å². The molecule has 1 fully saturated rings. The minimum atomic E-state index is -3.56. The highest BCUT2D eigenvalue weighted by atomic mass is 35.5. The van der Waals surface area contributed by atoms with E-state index in [9.17, 15) is 22.3 Å². The first-order valence-electron chi connectivity index (χ1n) is 11.1. The number of hydrogen-bond donors (Lipinski definition) is 3. The zero-order chi connectivity index (χ0) is 25.9. The molecule has 0 amide bonds. The number of ether oxygens (including phenoxy) is 1. The van der Waals surface area contributed by atoms with E-state index in [1.165, 1.54) is 6.20 Å². The summed E-state index contributed by atoms with van der Waals surface area (Å²) in [6.45, 7) is 1.15. The van der Waals surface area contributed by atoms with Crippen LogP contribution in [-0.2, 0) is 16.6 Å². The highest BCUT2D eigenvalue weighted by molar-refractivity contribution is 7.92. The maximum atomic E-state index is 14.0. The van der Waals surface area contributed by atoms with Crippen LogP contribution in [0.1, 0.15) is 12.0 Å². The summed E-state index contributed by atoms with van der Waals surface area (Å²) in [6, 6.07) is 10.1. The van der Waals surface area contributed by atoms with Crippen molar-refractivity contribution < 1.29 is 27.0 Å². The van der Waals surface area contributed by atoms with Gasteiger partial charge in [0.25, 0.3) is 0 Å². The molecular weight excluding hydrogens is 514 g/mol. The van der Waals surface area contributed by atoms with Gasteiger partial charge in [-0.1, -0.05) is 23.7 Å². The summed E-state index contributed by atoms with van der Waals surface area (Å²) < 4.78 is 60.7. The first-order chi connectivity index (χ1) is 17.1. The van der Waals surface area contributed by atoms with Crippen LogP contribution in [0.3, 0.4) is 0 Å². The van der Waals surface area contributed by atoms with E-state index in [1.54, 1.807) is 30.3 Å². The third kappa shape index (κ3) is 6.41. The Morgan fingerprint density at radius 1 is 1.17 bits per heavy atom. The van der Waals surface area contributed by atoms with E-state index < -0.39 is 27.8 Å². The van der Waals surface area contributed by atoms with Gasteiger partial charge in [0, 0.05) is 42.6 Å².